The smallest absolute Gasteiger partial charge is 0.0868 e. The zero-order chi connectivity index (χ0) is 8.39. The summed E-state index contributed by atoms with van der Waals surface area (Å²) in [5.41, 5.74) is 3.55. The molecule has 0 fully saturated rings. The van der Waals surface area contributed by atoms with Gasteiger partial charge in [0.25, 0.3) is 0 Å². The first-order valence-electron chi connectivity index (χ1n) is 3.75. The fourth-order valence-corrected chi connectivity index (χ4v) is 1.54. The second kappa shape index (κ2) is 3.03. The normalized spacial score (nSPS) is 10.1. The maximum Gasteiger partial charge on any atom is 0.249 e. The van der Waals surface area contributed by atoms with Crippen LogP contribution in [0, 0.1) is 6.92 Å². The Bertz CT molecular complexity index is 351. The SMILES string of the molecule is Cc1ccc(-c2csn[nH+]2)cc1. The fourth-order valence-electron chi connectivity index (χ4n) is 1.05. The molecule has 3 heteroatoms. The van der Waals surface area contributed by atoms with Gasteiger partial charge in [0.05, 0.1) is 9.87 Å². The minimum atomic E-state index is 1.08. The first-order chi connectivity index (χ1) is 5.86. The summed E-state index contributed by atoms with van der Waals surface area (Å²) in [5.74, 6) is 0. The standard InChI is InChI=1S/C9H8N2S/c1-7-2-4-8(5-3-7)9-6-12-11-10-9/h2-6H,1H3/p+1. The molecule has 12 heavy (non-hydrogen) atoms. The van der Waals surface area contributed by atoms with E-state index in [2.05, 4.69) is 40.8 Å². The van der Waals surface area contributed by atoms with E-state index in [0.717, 1.165) is 5.69 Å². The summed E-state index contributed by atoms with van der Waals surface area (Å²) in [6, 6.07) is 8.38. The van der Waals surface area contributed by atoms with Crippen molar-refractivity contribution in [2.75, 3.05) is 0 Å². The van der Waals surface area contributed by atoms with Crippen molar-refractivity contribution in [3.05, 3.63) is 35.2 Å². The summed E-state index contributed by atoms with van der Waals surface area (Å²) in [5, 5.41) is 4.95. The Morgan fingerprint density at radius 3 is 2.58 bits per heavy atom. The summed E-state index contributed by atoms with van der Waals surface area (Å²) in [4.78, 5) is 0. The molecule has 2 nitrogen and oxygen atoms in total. The molecule has 0 aliphatic carbocycles. The van der Waals surface area contributed by atoms with Crippen molar-refractivity contribution in [1.82, 2.24) is 4.49 Å². The van der Waals surface area contributed by atoms with Crippen LogP contribution in [0.4, 0.5) is 0 Å². The third kappa shape index (κ3) is 1.36. The van der Waals surface area contributed by atoms with Gasteiger partial charge in [-0.2, -0.15) is 0 Å². The maximum atomic E-state index is 3.94. The molecule has 0 aliphatic heterocycles. The number of rotatable bonds is 1. The van der Waals surface area contributed by atoms with E-state index >= 15 is 0 Å². The van der Waals surface area contributed by atoms with Crippen molar-refractivity contribution >= 4 is 11.5 Å². The quantitative estimate of drug-likeness (QED) is 0.654. The molecule has 0 amide bonds. The van der Waals surface area contributed by atoms with Crippen LogP contribution in [0.25, 0.3) is 11.3 Å². The van der Waals surface area contributed by atoms with Gasteiger partial charge in [0, 0.05) is 17.1 Å². The number of aromatic amines is 1. The van der Waals surface area contributed by atoms with Crippen LogP contribution in [0.3, 0.4) is 0 Å². The van der Waals surface area contributed by atoms with Crippen molar-refractivity contribution in [3.8, 4) is 11.3 Å². The summed E-state index contributed by atoms with van der Waals surface area (Å²) in [6.07, 6.45) is 0. The minimum absolute atomic E-state index is 1.08. The number of hydrogen-bond donors (Lipinski definition) is 0. The molecule has 0 spiro atoms. The molecule has 60 valence electrons. The zero-order valence-corrected chi connectivity index (χ0v) is 7.56. The van der Waals surface area contributed by atoms with Crippen LogP contribution in [0.15, 0.2) is 29.6 Å². The Kier molecular flexibility index (Phi) is 1.87. The van der Waals surface area contributed by atoms with Gasteiger partial charge >= 0.3 is 0 Å². The van der Waals surface area contributed by atoms with Crippen LogP contribution in [0.5, 0.6) is 0 Å². The molecule has 1 heterocycles. The topological polar surface area (TPSA) is 27.0 Å². The molecule has 0 saturated heterocycles. The summed E-state index contributed by atoms with van der Waals surface area (Å²) >= 11 is 1.43. The number of aryl methyl sites for hydroxylation is 1. The van der Waals surface area contributed by atoms with Crippen molar-refractivity contribution in [2.24, 2.45) is 0 Å². The lowest BCUT2D eigenvalue weighted by molar-refractivity contribution is -0.431. The van der Waals surface area contributed by atoms with Crippen LogP contribution in [-0.2, 0) is 0 Å². The van der Waals surface area contributed by atoms with Crippen molar-refractivity contribution in [2.45, 2.75) is 6.92 Å². The second-order valence-corrected chi connectivity index (χ2v) is 3.34. The van der Waals surface area contributed by atoms with Crippen LogP contribution in [0.1, 0.15) is 5.56 Å². The number of nitrogens with one attached hydrogen (secondary N) is 1. The third-order valence-corrected chi connectivity index (χ3v) is 2.29. The average Bonchev–Trinajstić information content (AvgIpc) is 2.58. The highest BCUT2D eigenvalue weighted by Crippen LogP contribution is 2.14. The third-order valence-electron chi connectivity index (χ3n) is 1.75. The number of benzene rings is 1. The Hall–Kier alpha value is -1.22. The first kappa shape index (κ1) is 7.43. The Morgan fingerprint density at radius 2 is 2.00 bits per heavy atom. The average molecular weight is 177 g/mol. The predicted octanol–water partition coefficient (Wildman–Crippen LogP) is 1.93. The lowest BCUT2D eigenvalue weighted by Crippen LogP contribution is -2.03. The number of nitrogens with zero attached hydrogens (tertiary/aromatic N) is 1. The molecule has 0 saturated carbocycles. The van der Waals surface area contributed by atoms with Crippen LogP contribution in [-0.4, -0.2) is 4.49 Å². The predicted molar refractivity (Wildman–Crippen MR) is 48.8 cm³/mol. The largest absolute Gasteiger partial charge is 0.249 e. The van der Waals surface area contributed by atoms with Gasteiger partial charge in [-0.05, 0) is 19.1 Å². The Morgan fingerprint density at radius 1 is 1.25 bits per heavy atom. The molecule has 2 aromatic rings. The van der Waals surface area contributed by atoms with Crippen molar-refractivity contribution in [3.63, 3.8) is 0 Å². The van der Waals surface area contributed by atoms with Crippen LogP contribution in [0.2, 0.25) is 0 Å². The van der Waals surface area contributed by atoms with E-state index in [1.165, 1.54) is 22.7 Å². The zero-order valence-electron chi connectivity index (χ0n) is 6.74. The molecular formula is C9H9N2S+. The van der Waals surface area contributed by atoms with Gasteiger partial charge in [-0.3, -0.25) is 0 Å². The maximum absolute atomic E-state index is 3.94. The molecule has 0 atom stereocenters. The highest BCUT2D eigenvalue weighted by molar-refractivity contribution is 7.03. The van der Waals surface area contributed by atoms with E-state index in [-0.39, 0.29) is 0 Å². The van der Waals surface area contributed by atoms with Gasteiger partial charge in [0.15, 0.2) is 0 Å². The minimum Gasteiger partial charge on any atom is -0.0868 e. The van der Waals surface area contributed by atoms with Crippen molar-refractivity contribution in [1.29, 1.82) is 0 Å². The number of aromatic nitrogens is 2. The molecule has 0 unspecified atom stereocenters. The van der Waals surface area contributed by atoms with Crippen molar-refractivity contribution < 1.29 is 5.10 Å². The highest BCUT2D eigenvalue weighted by Gasteiger charge is 2.05. The van der Waals surface area contributed by atoms with Gasteiger partial charge in [-0.1, -0.05) is 22.8 Å². The Balaban J connectivity index is 2.43. The van der Waals surface area contributed by atoms with Crippen LogP contribution < -0.4 is 5.10 Å². The van der Waals surface area contributed by atoms with Gasteiger partial charge in [-0.25, -0.2) is 0 Å². The first-order valence-corrected chi connectivity index (χ1v) is 4.59. The lowest BCUT2D eigenvalue weighted by Gasteiger charge is -1.91. The molecule has 0 radical (unpaired) electrons. The summed E-state index contributed by atoms with van der Waals surface area (Å²) < 4.78 is 3.94. The van der Waals surface area contributed by atoms with E-state index in [4.69, 9.17) is 0 Å². The second-order valence-electron chi connectivity index (χ2n) is 2.71. The summed E-state index contributed by atoms with van der Waals surface area (Å²) in [7, 11) is 0. The van der Waals surface area contributed by atoms with Gasteiger partial charge in [-0.15, -0.1) is 0 Å². The van der Waals surface area contributed by atoms with Gasteiger partial charge in [0.2, 0.25) is 5.69 Å². The van der Waals surface area contributed by atoms with E-state index in [1.54, 1.807) is 0 Å². The van der Waals surface area contributed by atoms with E-state index in [9.17, 15) is 0 Å². The molecule has 0 bridgehead atoms. The molecule has 2 rings (SSSR count). The lowest BCUT2D eigenvalue weighted by atomic mass is 10.1. The van der Waals surface area contributed by atoms with E-state index in [1.807, 2.05) is 5.38 Å². The monoisotopic (exact) mass is 177 g/mol. The van der Waals surface area contributed by atoms with E-state index in [0.29, 0.717) is 0 Å². The van der Waals surface area contributed by atoms with Crippen LogP contribution >= 0.6 is 11.5 Å². The summed E-state index contributed by atoms with van der Waals surface area (Å²) in [6.45, 7) is 2.08. The molecular weight excluding hydrogens is 168 g/mol. The molecule has 1 aromatic carbocycles. The highest BCUT2D eigenvalue weighted by atomic mass is 32.1. The number of hydrogen-bond acceptors (Lipinski definition) is 2. The van der Waals surface area contributed by atoms with E-state index < -0.39 is 0 Å². The van der Waals surface area contributed by atoms with Gasteiger partial charge < -0.3 is 0 Å². The van der Waals surface area contributed by atoms with Gasteiger partial charge in [0.1, 0.15) is 0 Å². The molecule has 1 aromatic heterocycles. The number of H-pyrrole nitrogens is 1. The molecule has 1 N–H and O–H groups in total. The Labute approximate surface area is 75.0 Å². The fraction of sp³-hybridized carbons (Fsp3) is 0.111. The molecule has 0 aliphatic rings.